The molecule has 2 aromatic rings. The third kappa shape index (κ3) is 3.06. The summed E-state index contributed by atoms with van der Waals surface area (Å²) in [6.07, 6.45) is 0. The van der Waals surface area contributed by atoms with Crippen LogP contribution in [0.4, 0.5) is 11.4 Å². The van der Waals surface area contributed by atoms with Crippen LogP contribution in [0.25, 0.3) is 0 Å². The summed E-state index contributed by atoms with van der Waals surface area (Å²) >= 11 is 0. The number of methoxy groups -OCH3 is 4. The fraction of sp³-hybridized carbons (Fsp3) is 0.300. The summed E-state index contributed by atoms with van der Waals surface area (Å²) in [6, 6.07) is 8.07. The number of hydrogen-bond donors (Lipinski definition) is 0. The van der Waals surface area contributed by atoms with E-state index >= 15 is 0 Å². The van der Waals surface area contributed by atoms with Crippen molar-refractivity contribution < 1.29 is 28.5 Å². The maximum absolute atomic E-state index is 13.3. The lowest BCUT2D eigenvalue weighted by atomic mass is 10.1. The number of amides is 2. The number of nitrogens with zero attached hydrogens (tertiary/aromatic N) is 4. The third-order valence-electron chi connectivity index (χ3n) is 4.98. The Morgan fingerprint density at radius 3 is 1.63 bits per heavy atom. The highest BCUT2D eigenvalue weighted by molar-refractivity contribution is 6.26. The van der Waals surface area contributed by atoms with Crippen molar-refractivity contribution in [2.45, 2.75) is 12.1 Å². The van der Waals surface area contributed by atoms with Gasteiger partial charge in [-0.05, 0) is 0 Å². The summed E-state index contributed by atoms with van der Waals surface area (Å²) < 4.78 is 21.1. The molecule has 4 rings (SSSR count). The van der Waals surface area contributed by atoms with Gasteiger partial charge in [0.05, 0.1) is 39.8 Å². The van der Waals surface area contributed by atoms with Crippen LogP contribution >= 0.6 is 0 Å². The van der Waals surface area contributed by atoms with E-state index in [9.17, 15) is 9.59 Å². The molecule has 2 aliphatic heterocycles. The number of ether oxygens (including phenoxy) is 4. The highest BCUT2D eigenvalue weighted by Crippen LogP contribution is 2.39. The van der Waals surface area contributed by atoms with E-state index in [1.54, 1.807) is 36.4 Å². The molecule has 0 saturated carbocycles. The first-order valence-electron chi connectivity index (χ1n) is 9.04. The second kappa shape index (κ2) is 7.54. The van der Waals surface area contributed by atoms with Crippen LogP contribution in [0.2, 0.25) is 0 Å². The van der Waals surface area contributed by atoms with Gasteiger partial charge in [-0.1, -0.05) is 5.22 Å². The van der Waals surface area contributed by atoms with Gasteiger partial charge < -0.3 is 18.9 Å². The van der Waals surface area contributed by atoms with Gasteiger partial charge in [-0.3, -0.25) is 9.59 Å². The Labute approximate surface area is 172 Å². The molecule has 0 spiro atoms. The average Bonchev–Trinajstić information content (AvgIpc) is 3.32. The standard InChI is InChI=1S/C20H20N4O6/c1-27-13-5-11(6-14(9-13)28-2)23-19(25)17-18(20(23)26)24(22-21-17)12-7-15(29-3)10-16(8-12)30-4/h5-10,17-18H,1-4H3/t17-,18+/m1/s1. The summed E-state index contributed by atoms with van der Waals surface area (Å²) in [5.41, 5.74) is 0.864. The monoisotopic (exact) mass is 412 g/mol. The Morgan fingerprint density at radius 1 is 0.700 bits per heavy atom. The van der Waals surface area contributed by atoms with Crippen LogP contribution in [0.5, 0.6) is 23.0 Å². The molecular formula is C20H20N4O6. The number of carbonyl (C=O) groups excluding carboxylic acids is 2. The number of rotatable bonds is 6. The van der Waals surface area contributed by atoms with Crippen molar-refractivity contribution in [3.05, 3.63) is 36.4 Å². The van der Waals surface area contributed by atoms with Crippen LogP contribution in [0, 0.1) is 0 Å². The van der Waals surface area contributed by atoms with Crippen molar-refractivity contribution in [1.82, 2.24) is 0 Å². The van der Waals surface area contributed by atoms with Gasteiger partial charge in [0.1, 0.15) is 23.0 Å². The maximum atomic E-state index is 13.3. The molecule has 0 aromatic heterocycles. The van der Waals surface area contributed by atoms with E-state index in [-0.39, 0.29) is 0 Å². The van der Waals surface area contributed by atoms with Gasteiger partial charge in [0, 0.05) is 36.4 Å². The van der Waals surface area contributed by atoms with Gasteiger partial charge in [-0.2, -0.15) is 5.11 Å². The van der Waals surface area contributed by atoms with Gasteiger partial charge in [-0.25, -0.2) is 9.91 Å². The largest absolute Gasteiger partial charge is 0.497 e. The molecule has 0 bridgehead atoms. The molecule has 2 aromatic carbocycles. The lowest BCUT2D eigenvalue weighted by molar-refractivity contribution is -0.121. The second-order valence-electron chi connectivity index (χ2n) is 6.59. The lowest BCUT2D eigenvalue weighted by Crippen LogP contribution is -2.40. The van der Waals surface area contributed by atoms with E-state index in [1.807, 2.05) is 0 Å². The van der Waals surface area contributed by atoms with Crippen molar-refractivity contribution in [1.29, 1.82) is 0 Å². The van der Waals surface area contributed by atoms with Crippen molar-refractivity contribution in [2.24, 2.45) is 10.3 Å². The van der Waals surface area contributed by atoms with E-state index in [2.05, 4.69) is 10.3 Å². The van der Waals surface area contributed by atoms with E-state index in [0.29, 0.717) is 34.4 Å². The van der Waals surface area contributed by atoms with Crippen LogP contribution in [0.3, 0.4) is 0 Å². The van der Waals surface area contributed by atoms with E-state index in [0.717, 1.165) is 4.90 Å². The van der Waals surface area contributed by atoms with Gasteiger partial charge in [-0.15, -0.1) is 0 Å². The molecule has 0 unspecified atom stereocenters. The highest BCUT2D eigenvalue weighted by Gasteiger charge is 2.55. The third-order valence-corrected chi connectivity index (χ3v) is 4.98. The molecule has 2 heterocycles. The van der Waals surface area contributed by atoms with Crippen LogP contribution < -0.4 is 28.9 Å². The first-order chi connectivity index (χ1) is 14.5. The fourth-order valence-corrected chi connectivity index (χ4v) is 3.47. The molecular weight excluding hydrogens is 392 g/mol. The summed E-state index contributed by atoms with van der Waals surface area (Å²) in [5, 5.41) is 9.53. The van der Waals surface area contributed by atoms with Gasteiger partial charge in [0.15, 0.2) is 12.1 Å². The molecule has 10 nitrogen and oxygen atoms in total. The van der Waals surface area contributed by atoms with E-state index < -0.39 is 23.9 Å². The predicted molar refractivity (Wildman–Crippen MR) is 106 cm³/mol. The summed E-state index contributed by atoms with van der Waals surface area (Å²) in [5.74, 6) is 1.04. The molecule has 10 heteroatoms. The first-order valence-corrected chi connectivity index (χ1v) is 9.04. The van der Waals surface area contributed by atoms with E-state index in [4.69, 9.17) is 18.9 Å². The van der Waals surface area contributed by atoms with Crippen molar-refractivity contribution in [2.75, 3.05) is 38.3 Å². The van der Waals surface area contributed by atoms with Crippen LogP contribution in [0.15, 0.2) is 46.7 Å². The number of hydrogen-bond acceptors (Lipinski definition) is 9. The number of imide groups is 1. The average molecular weight is 412 g/mol. The molecule has 30 heavy (non-hydrogen) atoms. The Bertz CT molecular complexity index is 995. The highest BCUT2D eigenvalue weighted by atomic mass is 16.5. The lowest BCUT2D eigenvalue weighted by Gasteiger charge is -2.22. The Kier molecular flexibility index (Phi) is 4.90. The molecule has 0 aliphatic carbocycles. The molecule has 2 atom stereocenters. The van der Waals surface area contributed by atoms with Crippen molar-refractivity contribution in [3.63, 3.8) is 0 Å². The first kappa shape index (κ1) is 19.5. The smallest absolute Gasteiger partial charge is 0.263 e. The minimum Gasteiger partial charge on any atom is -0.497 e. The zero-order valence-corrected chi connectivity index (χ0v) is 16.9. The number of fused-ring (bicyclic) bond motifs is 1. The van der Waals surface area contributed by atoms with Crippen molar-refractivity contribution >= 4 is 23.2 Å². The molecule has 0 radical (unpaired) electrons. The molecule has 2 aliphatic rings. The Morgan fingerprint density at radius 2 is 1.17 bits per heavy atom. The quantitative estimate of drug-likeness (QED) is 0.671. The fourth-order valence-electron chi connectivity index (χ4n) is 3.47. The summed E-state index contributed by atoms with van der Waals surface area (Å²) in [7, 11) is 6.03. The Hall–Kier alpha value is -3.82. The summed E-state index contributed by atoms with van der Waals surface area (Å²) in [6.45, 7) is 0. The normalized spacial score (nSPS) is 19.9. The Balaban J connectivity index is 1.72. The number of benzene rings is 2. The SMILES string of the molecule is COc1cc(OC)cc(N2C(=O)[C@@H]3[C@@H](N=NN3c3cc(OC)cc(OC)c3)C2=O)c1. The van der Waals surface area contributed by atoms with Gasteiger partial charge in [0.25, 0.3) is 11.8 Å². The topological polar surface area (TPSA) is 102 Å². The predicted octanol–water partition coefficient (Wildman–Crippen LogP) is 2.22. The zero-order valence-electron chi connectivity index (χ0n) is 16.9. The van der Waals surface area contributed by atoms with E-state index in [1.165, 1.54) is 33.4 Å². The van der Waals surface area contributed by atoms with Gasteiger partial charge in [0.2, 0.25) is 0 Å². The molecule has 156 valence electrons. The molecule has 0 N–H and O–H groups in total. The van der Waals surface area contributed by atoms with Crippen molar-refractivity contribution in [3.8, 4) is 23.0 Å². The number of anilines is 2. The maximum Gasteiger partial charge on any atom is 0.263 e. The minimum atomic E-state index is -0.952. The van der Waals surface area contributed by atoms with Crippen LogP contribution in [-0.2, 0) is 9.59 Å². The van der Waals surface area contributed by atoms with Gasteiger partial charge >= 0.3 is 0 Å². The number of carbonyl (C=O) groups is 2. The van der Waals surface area contributed by atoms with Crippen LogP contribution in [-0.4, -0.2) is 52.3 Å². The molecule has 2 amide bonds. The molecule has 1 saturated heterocycles. The van der Waals surface area contributed by atoms with Crippen LogP contribution in [0.1, 0.15) is 0 Å². The summed E-state index contributed by atoms with van der Waals surface area (Å²) in [4.78, 5) is 27.4. The molecule has 1 fully saturated rings. The minimum absolute atomic E-state index is 0.342. The second-order valence-corrected chi connectivity index (χ2v) is 6.59. The zero-order chi connectivity index (χ0) is 21.4.